The molecule has 3 N–H and O–H groups in total. The van der Waals surface area contributed by atoms with Gasteiger partial charge in [0.05, 0.1) is 0 Å². The highest BCUT2D eigenvalue weighted by Gasteiger charge is 2.08. The maximum absolute atomic E-state index is 13.3. The summed E-state index contributed by atoms with van der Waals surface area (Å²) in [5.74, 6) is 0.465. The van der Waals surface area contributed by atoms with Crippen molar-refractivity contribution in [3.8, 4) is 0 Å². The van der Waals surface area contributed by atoms with Gasteiger partial charge in [-0.1, -0.05) is 24.3 Å². The molecule has 0 fully saturated rings. The minimum atomic E-state index is -0.246. The Morgan fingerprint density at radius 2 is 1.86 bits per heavy atom. The molecule has 6 nitrogen and oxygen atoms in total. The quantitative estimate of drug-likeness (QED) is 0.526. The third kappa shape index (κ3) is 6.90. The number of nitrogens with zero attached hydrogens (tertiary/aromatic N) is 2. The number of carbonyl (C=O) groups excluding carboxylic acids is 1. The van der Waals surface area contributed by atoms with Crippen molar-refractivity contribution < 1.29 is 9.18 Å². The average molecular weight is 385 g/mol. The van der Waals surface area contributed by atoms with Crippen molar-refractivity contribution in [3.63, 3.8) is 0 Å². The Bertz CT molecular complexity index is 805. The van der Waals surface area contributed by atoms with Gasteiger partial charge in [-0.05, 0) is 49.2 Å². The number of halogens is 1. The van der Waals surface area contributed by atoms with Crippen LogP contribution in [0, 0.1) is 5.82 Å². The first kappa shape index (κ1) is 21.2. The molecular weight excluding hydrogens is 357 g/mol. The average Bonchev–Trinajstić information content (AvgIpc) is 2.63. The maximum atomic E-state index is 13.3. The fraction of sp³-hybridized carbons (Fsp3) is 0.333. The Hall–Kier alpha value is -3.09. The van der Waals surface area contributed by atoms with E-state index < -0.39 is 0 Å². The number of carbonyl (C=O) groups is 1. The van der Waals surface area contributed by atoms with E-state index in [-0.39, 0.29) is 17.9 Å². The standard InChI is InChI=1S/C21H28FN5O/c1-15(2)25-21(28)26-19-10-8-16(9-11-19)13-24-20(23-3)27(4)14-17-6-5-7-18(22)12-17/h5-12,15H,13-14H2,1-4H3,(H,23,24)(H2,25,26,28). The molecule has 0 radical (unpaired) electrons. The van der Waals surface area contributed by atoms with Crippen molar-refractivity contribution >= 4 is 17.7 Å². The third-order valence-electron chi connectivity index (χ3n) is 3.96. The highest BCUT2D eigenvalue weighted by Crippen LogP contribution is 2.10. The van der Waals surface area contributed by atoms with E-state index in [0.717, 1.165) is 16.8 Å². The first-order valence-electron chi connectivity index (χ1n) is 9.20. The lowest BCUT2D eigenvalue weighted by molar-refractivity contribution is 0.250. The summed E-state index contributed by atoms with van der Waals surface area (Å²) in [5, 5.41) is 8.86. The number of hydrogen-bond acceptors (Lipinski definition) is 2. The molecular formula is C21H28FN5O. The summed E-state index contributed by atoms with van der Waals surface area (Å²) in [6.07, 6.45) is 0. The number of aliphatic imine (C=N–C) groups is 1. The van der Waals surface area contributed by atoms with E-state index >= 15 is 0 Å². The molecule has 0 heterocycles. The van der Waals surface area contributed by atoms with Crippen molar-refractivity contribution in [2.75, 3.05) is 19.4 Å². The number of guanidine groups is 1. The molecule has 150 valence electrons. The van der Waals surface area contributed by atoms with Gasteiger partial charge in [0.25, 0.3) is 0 Å². The minimum absolute atomic E-state index is 0.0830. The van der Waals surface area contributed by atoms with Crippen molar-refractivity contribution in [1.29, 1.82) is 0 Å². The zero-order valence-electron chi connectivity index (χ0n) is 16.8. The van der Waals surface area contributed by atoms with E-state index in [1.54, 1.807) is 13.1 Å². The molecule has 2 aromatic carbocycles. The van der Waals surface area contributed by atoms with Crippen LogP contribution < -0.4 is 16.0 Å². The predicted molar refractivity (Wildman–Crippen MR) is 112 cm³/mol. The molecule has 0 spiro atoms. The number of benzene rings is 2. The van der Waals surface area contributed by atoms with E-state index in [0.29, 0.717) is 19.0 Å². The maximum Gasteiger partial charge on any atom is 0.319 e. The van der Waals surface area contributed by atoms with Gasteiger partial charge in [0.15, 0.2) is 5.96 Å². The molecule has 2 amide bonds. The Labute approximate surface area is 165 Å². The van der Waals surface area contributed by atoms with Gasteiger partial charge in [0.2, 0.25) is 0 Å². The summed E-state index contributed by atoms with van der Waals surface area (Å²) in [4.78, 5) is 17.9. The van der Waals surface area contributed by atoms with Crippen LogP contribution in [0.1, 0.15) is 25.0 Å². The zero-order valence-corrected chi connectivity index (χ0v) is 16.8. The van der Waals surface area contributed by atoms with Gasteiger partial charge in [-0.15, -0.1) is 0 Å². The molecule has 0 aliphatic carbocycles. The zero-order chi connectivity index (χ0) is 20.5. The number of hydrogen-bond donors (Lipinski definition) is 3. The SMILES string of the molecule is CN=C(NCc1ccc(NC(=O)NC(C)C)cc1)N(C)Cc1cccc(F)c1. The van der Waals surface area contributed by atoms with Crippen molar-refractivity contribution in [1.82, 2.24) is 15.5 Å². The predicted octanol–water partition coefficient (Wildman–Crippen LogP) is 3.56. The van der Waals surface area contributed by atoms with Gasteiger partial charge in [0, 0.05) is 38.9 Å². The fourth-order valence-corrected chi connectivity index (χ4v) is 2.69. The van der Waals surface area contributed by atoms with Crippen LogP contribution in [-0.2, 0) is 13.1 Å². The second kappa shape index (κ2) is 10.3. The monoisotopic (exact) mass is 385 g/mol. The summed E-state index contributed by atoms with van der Waals surface area (Å²) >= 11 is 0. The van der Waals surface area contributed by atoms with E-state index in [2.05, 4.69) is 20.9 Å². The Balaban J connectivity index is 1.88. The summed E-state index contributed by atoms with van der Waals surface area (Å²) in [6.45, 7) is 4.95. The summed E-state index contributed by atoms with van der Waals surface area (Å²) in [6, 6.07) is 14.0. The van der Waals surface area contributed by atoms with E-state index in [1.807, 2.05) is 56.1 Å². The van der Waals surface area contributed by atoms with Crippen LogP contribution >= 0.6 is 0 Å². The largest absolute Gasteiger partial charge is 0.352 e. The number of nitrogens with one attached hydrogen (secondary N) is 3. The van der Waals surface area contributed by atoms with Crippen LogP contribution in [0.5, 0.6) is 0 Å². The lowest BCUT2D eigenvalue weighted by atomic mass is 10.2. The third-order valence-corrected chi connectivity index (χ3v) is 3.96. The van der Waals surface area contributed by atoms with Gasteiger partial charge in [0.1, 0.15) is 5.82 Å². The molecule has 0 aliphatic heterocycles. The molecule has 0 saturated heterocycles. The Morgan fingerprint density at radius 1 is 1.14 bits per heavy atom. The first-order chi connectivity index (χ1) is 13.4. The van der Waals surface area contributed by atoms with E-state index in [4.69, 9.17) is 0 Å². The molecule has 28 heavy (non-hydrogen) atoms. The normalized spacial score (nSPS) is 11.3. The molecule has 7 heteroatoms. The number of amides is 2. The van der Waals surface area contributed by atoms with E-state index in [9.17, 15) is 9.18 Å². The number of anilines is 1. The second-order valence-electron chi connectivity index (χ2n) is 6.84. The molecule has 2 aromatic rings. The highest BCUT2D eigenvalue weighted by molar-refractivity contribution is 5.89. The van der Waals surface area contributed by atoms with Crippen molar-refractivity contribution in [2.45, 2.75) is 33.0 Å². The van der Waals surface area contributed by atoms with Crippen LogP contribution in [-0.4, -0.2) is 37.0 Å². The Kier molecular flexibility index (Phi) is 7.80. The smallest absolute Gasteiger partial charge is 0.319 e. The van der Waals surface area contributed by atoms with Gasteiger partial charge in [-0.25, -0.2) is 9.18 Å². The molecule has 0 aromatic heterocycles. The molecule has 0 atom stereocenters. The van der Waals surface area contributed by atoms with Gasteiger partial charge >= 0.3 is 6.03 Å². The summed E-state index contributed by atoms with van der Waals surface area (Å²) in [7, 11) is 3.62. The van der Waals surface area contributed by atoms with Crippen LogP contribution in [0.15, 0.2) is 53.5 Å². The summed E-state index contributed by atoms with van der Waals surface area (Å²) in [5.41, 5.74) is 2.66. The van der Waals surface area contributed by atoms with E-state index in [1.165, 1.54) is 12.1 Å². The second-order valence-corrected chi connectivity index (χ2v) is 6.84. The van der Waals surface area contributed by atoms with Gasteiger partial charge < -0.3 is 20.9 Å². The topological polar surface area (TPSA) is 68.8 Å². The molecule has 0 aliphatic rings. The fourth-order valence-electron chi connectivity index (χ4n) is 2.69. The van der Waals surface area contributed by atoms with Crippen molar-refractivity contribution in [3.05, 3.63) is 65.5 Å². The highest BCUT2D eigenvalue weighted by atomic mass is 19.1. The van der Waals surface area contributed by atoms with Crippen molar-refractivity contribution in [2.24, 2.45) is 4.99 Å². The summed E-state index contributed by atoms with van der Waals surface area (Å²) < 4.78 is 13.3. The van der Waals surface area contributed by atoms with Gasteiger partial charge in [-0.3, -0.25) is 4.99 Å². The molecule has 0 bridgehead atoms. The number of rotatable bonds is 6. The Morgan fingerprint density at radius 3 is 2.46 bits per heavy atom. The van der Waals surface area contributed by atoms with Crippen LogP contribution in [0.3, 0.4) is 0 Å². The molecule has 2 rings (SSSR count). The van der Waals surface area contributed by atoms with Crippen LogP contribution in [0.4, 0.5) is 14.9 Å². The van der Waals surface area contributed by atoms with Crippen LogP contribution in [0.2, 0.25) is 0 Å². The number of urea groups is 1. The lowest BCUT2D eigenvalue weighted by Gasteiger charge is -2.22. The lowest BCUT2D eigenvalue weighted by Crippen LogP contribution is -2.38. The van der Waals surface area contributed by atoms with Gasteiger partial charge in [-0.2, -0.15) is 0 Å². The molecule has 0 unspecified atom stereocenters. The minimum Gasteiger partial charge on any atom is -0.352 e. The first-order valence-corrected chi connectivity index (χ1v) is 9.20. The molecule has 0 saturated carbocycles. The van der Waals surface area contributed by atoms with Crippen LogP contribution in [0.25, 0.3) is 0 Å².